The largest absolute Gasteiger partial charge is 0.374 e. The van der Waals surface area contributed by atoms with Gasteiger partial charge in [0.25, 0.3) is 0 Å². The minimum Gasteiger partial charge on any atom is -0.374 e. The first-order chi connectivity index (χ1) is 9.16. The number of aliphatic hydroxyl groups is 1. The van der Waals surface area contributed by atoms with Crippen LogP contribution in [-0.2, 0) is 4.79 Å². The van der Waals surface area contributed by atoms with Crippen LogP contribution in [0.15, 0.2) is 30.3 Å². The van der Waals surface area contributed by atoms with Crippen molar-refractivity contribution in [3.05, 3.63) is 41.9 Å². The van der Waals surface area contributed by atoms with E-state index in [1.807, 2.05) is 30.3 Å². The van der Waals surface area contributed by atoms with E-state index in [1.165, 1.54) is 0 Å². The van der Waals surface area contributed by atoms with Crippen LogP contribution >= 0.6 is 0 Å². The Bertz CT molecular complexity index is 572. The molecule has 2 N–H and O–H groups in total. The lowest BCUT2D eigenvalue weighted by atomic mass is 10.1. The second kappa shape index (κ2) is 4.70. The number of hydrogen-bond acceptors (Lipinski definition) is 2. The summed E-state index contributed by atoms with van der Waals surface area (Å²) in [5, 5.41) is 10.9. The molecular formula is C15H17N2O2. The second-order valence-corrected chi connectivity index (χ2v) is 5.02. The van der Waals surface area contributed by atoms with E-state index in [0.717, 1.165) is 23.0 Å². The molecule has 1 atom stereocenters. The molecule has 0 saturated carbocycles. The van der Waals surface area contributed by atoms with Crippen LogP contribution in [-0.4, -0.2) is 33.7 Å². The van der Waals surface area contributed by atoms with Crippen molar-refractivity contribution in [2.75, 3.05) is 6.54 Å². The molecule has 2 aromatic rings. The van der Waals surface area contributed by atoms with Crippen LogP contribution in [0.1, 0.15) is 25.5 Å². The standard InChI is InChI=1S/C15H17N2O2/c1-10(15(19)17-8-4-7-14(17)18)13-9-11-5-2-3-6-12(11)16-13/h2-3,5-6,9,14,16,18H,4,7-8H2,1H3. The minimum absolute atomic E-state index is 0.0865. The molecule has 3 rings (SSSR count). The smallest absolute Gasteiger partial charge is 0.237 e. The number of H-pyrrole nitrogens is 1. The van der Waals surface area contributed by atoms with Gasteiger partial charge in [-0.2, -0.15) is 0 Å². The van der Waals surface area contributed by atoms with E-state index in [2.05, 4.69) is 4.98 Å². The lowest BCUT2D eigenvalue weighted by Crippen LogP contribution is -2.38. The molecule has 1 radical (unpaired) electrons. The van der Waals surface area contributed by atoms with E-state index in [4.69, 9.17) is 0 Å². The third-order valence-corrected chi connectivity index (χ3v) is 3.74. The number of likely N-dealkylation sites (tertiary alicyclic amines) is 1. The second-order valence-electron chi connectivity index (χ2n) is 5.02. The minimum atomic E-state index is -0.633. The normalized spacial score (nSPS) is 19.5. The van der Waals surface area contributed by atoms with Crippen LogP contribution in [0.5, 0.6) is 0 Å². The number of benzene rings is 1. The molecule has 1 aromatic heterocycles. The third kappa shape index (κ3) is 2.12. The molecular weight excluding hydrogens is 240 g/mol. The summed E-state index contributed by atoms with van der Waals surface area (Å²) in [6.07, 6.45) is 0.908. The average Bonchev–Trinajstić information content (AvgIpc) is 3.02. The van der Waals surface area contributed by atoms with Gasteiger partial charge in [0, 0.05) is 17.8 Å². The summed E-state index contributed by atoms with van der Waals surface area (Å²) in [7, 11) is 0. The number of aromatic amines is 1. The van der Waals surface area contributed by atoms with Crippen LogP contribution in [0.25, 0.3) is 10.9 Å². The molecule has 19 heavy (non-hydrogen) atoms. The van der Waals surface area contributed by atoms with Crippen LogP contribution in [0.4, 0.5) is 0 Å². The van der Waals surface area contributed by atoms with Crippen molar-refractivity contribution in [3.8, 4) is 0 Å². The Kier molecular flexibility index (Phi) is 3.03. The summed E-state index contributed by atoms with van der Waals surface area (Å²) < 4.78 is 0. The first-order valence-electron chi connectivity index (χ1n) is 6.57. The van der Waals surface area contributed by atoms with Crippen molar-refractivity contribution in [1.29, 1.82) is 0 Å². The van der Waals surface area contributed by atoms with Crippen LogP contribution in [0, 0.1) is 5.92 Å². The number of nitrogens with one attached hydrogen (secondary N) is 1. The van der Waals surface area contributed by atoms with Gasteiger partial charge in [0.2, 0.25) is 5.91 Å². The molecule has 4 nitrogen and oxygen atoms in total. The number of nitrogens with zero attached hydrogens (tertiary/aromatic N) is 1. The zero-order valence-corrected chi connectivity index (χ0v) is 10.9. The van der Waals surface area contributed by atoms with E-state index in [9.17, 15) is 9.90 Å². The monoisotopic (exact) mass is 257 g/mol. The molecule has 0 bridgehead atoms. The number of carbonyl (C=O) groups is 1. The maximum Gasteiger partial charge on any atom is 0.237 e. The summed E-state index contributed by atoms with van der Waals surface area (Å²) in [4.78, 5) is 17.1. The fourth-order valence-corrected chi connectivity index (χ4v) is 2.59. The van der Waals surface area contributed by atoms with Gasteiger partial charge in [-0.15, -0.1) is 0 Å². The van der Waals surface area contributed by atoms with Gasteiger partial charge in [0.15, 0.2) is 0 Å². The number of hydrogen-bond donors (Lipinski definition) is 2. The van der Waals surface area contributed by atoms with Crippen LogP contribution in [0.2, 0.25) is 0 Å². The molecule has 1 unspecified atom stereocenters. The van der Waals surface area contributed by atoms with Crippen LogP contribution in [0.3, 0.4) is 0 Å². The molecule has 99 valence electrons. The fourth-order valence-electron chi connectivity index (χ4n) is 2.59. The Balaban J connectivity index is 1.86. The van der Waals surface area contributed by atoms with Gasteiger partial charge < -0.3 is 15.0 Å². The van der Waals surface area contributed by atoms with E-state index < -0.39 is 6.23 Å². The van der Waals surface area contributed by atoms with Crippen LogP contribution < -0.4 is 0 Å². The Morgan fingerprint density at radius 1 is 1.42 bits per heavy atom. The Morgan fingerprint density at radius 3 is 2.89 bits per heavy atom. The topological polar surface area (TPSA) is 56.3 Å². The van der Waals surface area contributed by atoms with Crippen molar-refractivity contribution in [2.45, 2.75) is 26.0 Å². The molecule has 2 heterocycles. The summed E-state index contributed by atoms with van der Waals surface area (Å²) in [5.41, 5.74) is 1.84. The number of fused-ring (bicyclic) bond motifs is 1. The number of aliphatic hydroxyl groups excluding tert-OH is 1. The molecule has 1 aliphatic rings. The van der Waals surface area contributed by atoms with Gasteiger partial charge in [-0.1, -0.05) is 18.2 Å². The Hall–Kier alpha value is -1.81. The first-order valence-corrected chi connectivity index (χ1v) is 6.57. The fraction of sp³-hybridized carbons (Fsp3) is 0.333. The van der Waals surface area contributed by atoms with Crippen molar-refractivity contribution in [1.82, 2.24) is 9.88 Å². The lowest BCUT2D eigenvalue weighted by molar-refractivity contribution is -0.135. The highest BCUT2D eigenvalue weighted by atomic mass is 16.3. The maximum atomic E-state index is 12.3. The average molecular weight is 257 g/mol. The summed E-state index contributed by atoms with van der Waals surface area (Å²) in [6, 6.07) is 9.91. The van der Waals surface area contributed by atoms with Gasteiger partial charge >= 0.3 is 0 Å². The Labute approximate surface area is 112 Å². The first kappa shape index (κ1) is 12.2. The molecule has 1 fully saturated rings. The van der Waals surface area contributed by atoms with Crippen molar-refractivity contribution < 1.29 is 9.90 Å². The van der Waals surface area contributed by atoms with Crippen molar-refractivity contribution in [3.63, 3.8) is 0 Å². The van der Waals surface area contributed by atoms with Gasteiger partial charge in [0.05, 0.1) is 0 Å². The Morgan fingerprint density at radius 2 is 2.21 bits per heavy atom. The van der Waals surface area contributed by atoms with E-state index in [-0.39, 0.29) is 5.91 Å². The van der Waals surface area contributed by atoms with Gasteiger partial charge in [-0.3, -0.25) is 4.79 Å². The van der Waals surface area contributed by atoms with Gasteiger partial charge in [-0.05, 0) is 37.3 Å². The highest BCUT2D eigenvalue weighted by Crippen LogP contribution is 2.25. The summed E-state index contributed by atoms with van der Waals surface area (Å²) in [5.74, 6) is 0.564. The highest BCUT2D eigenvalue weighted by Gasteiger charge is 2.31. The molecule has 4 heteroatoms. The predicted octanol–water partition coefficient (Wildman–Crippen LogP) is 2.05. The summed E-state index contributed by atoms with van der Waals surface area (Å²) >= 11 is 0. The van der Waals surface area contributed by atoms with Crippen molar-refractivity contribution in [2.24, 2.45) is 0 Å². The zero-order valence-electron chi connectivity index (χ0n) is 10.9. The quantitative estimate of drug-likeness (QED) is 0.865. The zero-order chi connectivity index (χ0) is 13.4. The predicted molar refractivity (Wildman–Crippen MR) is 73.3 cm³/mol. The molecule has 1 aromatic carbocycles. The third-order valence-electron chi connectivity index (χ3n) is 3.74. The number of aromatic nitrogens is 1. The lowest BCUT2D eigenvalue weighted by Gasteiger charge is -2.23. The number of para-hydroxylation sites is 1. The number of rotatable bonds is 2. The SMILES string of the molecule is C[C](C(=O)N1CCCC1O)c1cc2ccccc2[nH]1. The van der Waals surface area contributed by atoms with E-state index >= 15 is 0 Å². The molecule has 1 aliphatic heterocycles. The van der Waals surface area contributed by atoms with E-state index in [1.54, 1.807) is 11.8 Å². The number of carbonyl (C=O) groups excluding carboxylic acids is 1. The molecule has 0 spiro atoms. The molecule has 0 aliphatic carbocycles. The number of amides is 1. The van der Waals surface area contributed by atoms with Gasteiger partial charge in [-0.25, -0.2) is 0 Å². The van der Waals surface area contributed by atoms with E-state index in [0.29, 0.717) is 18.9 Å². The van der Waals surface area contributed by atoms with Gasteiger partial charge in [0.1, 0.15) is 12.1 Å². The summed E-state index contributed by atoms with van der Waals surface area (Å²) in [6.45, 7) is 2.44. The van der Waals surface area contributed by atoms with Crippen molar-refractivity contribution >= 4 is 16.8 Å². The molecule has 1 amide bonds. The maximum absolute atomic E-state index is 12.3. The molecule has 1 saturated heterocycles. The highest BCUT2D eigenvalue weighted by molar-refractivity contribution is 5.95.